The minimum absolute atomic E-state index is 0.250. The Bertz CT molecular complexity index is 925. The maximum Gasteiger partial charge on any atom is 0.335 e. The van der Waals surface area contributed by atoms with Crippen LogP contribution < -0.4 is 4.90 Å². The molecule has 4 rings (SSSR count). The predicted octanol–water partition coefficient (Wildman–Crippen LogP) is 2.99. The molecule has 2 fully saturated rings. The van der Waals surface area contributed by atoms with Crippen molar-refractivity contribution in [1.29, 1.82) is 0 Å². The molecule has 2 saturated heterocycles. The average Bonchev–Trinajstić information content (AvgIpc) is 2.86. The quantitative estimate of drug-likeness (QED) is 0.589. The highest BCUT2D eigenvalue weighted by Crippen LogP contribution is 2.30. The fraction of sp³-hybridized carbons (Fsp3) is 0.480. The lowest BCUT2D eigenvalue weighted by molar-refractivity contribution is -0.122. The van der Waals surface area contributed by atoms with Gasteiger partial charge in [0.2, 0.25) is 0 Å². The monoisotopic (exact) mass is 471 g/mol. The van der Waals surface area contributed by atoms with Crippen molar-refractivity contribution in [3.8, 4) is 11.1 Å². The van der Waals surface area contributed by atoms with Crippen molar-refractivity contribution in [2.24, 2.45) is 0 Å². The number of benzene rings is 1. The summed E-state index contributed by atoms with van der Waals surface area (Å²) in [5.41, 5.74) is 4.07. The standard InChI is InChI=1S/C24H31N3O4.CH2O2/c1-2-27(22-5-9-30-10-6-22)23-14-19(13-20(15-23)24(28)29)18-3-4-21(25-16-18)17-26-7-11-31-12-8-26;2-1-3/h3-4,13-16,22H,2,5-12,17H2,1H3,(H,28,29);1H,(H,2,3). The molecular formula is C25H33N3O6. The molecule has 0 unspecified atom stereocenters. The van der Waals surface area contributed by atoms with Gasteiger partial charge in [0.25, 0.3) is 6.47 Å². The zero-order chi connectivity index (χ0) is 24.3. The largest absolute Gasteiger partial charge is 0.483 e. The summed E-state index contributed by atoms with van der Waals surface area (Å²) < 4.78 is 10.9. The fourth-order valence-electron chi connectivity index (χ4n) is 4.39. The molecule has 0 aliphatic carbocycles. The van der Waals surface area contributed by atoms with Crippen molar-refractivity contribution < 1.29 is 29.3 Å². The number of nitrogens with zero attached hydrogens (tertiary/aromatic N) is 3. The number of rotatable bonds is 7. The van der Waals surface area contributed by atoms with Gasteiger partial charge in [0.05, 0.1) is 24.5 Å². The van der Waals surface area contributed by atoms with Crippen molar-refractivity contribution >= 4 is 18.1 Å². The molecule has 2 N–H and O–H groups in total. The minimum Gasteiger partial charge on any atom is -0.483 e. The molecule has 9 nitrogen and oxygen atoms in total. The number of aromatic nitrogens is 1. The van der Waals surface area contributed by atoms with Crippen LogP contribution in [0.25, 0.3) is 11.1 Å². The zero-order valence-corrected chi connectivity index (χ0v) is 19.6. The molecule has 0 bridgehead atoms. The van der Waals surface area contributed by atoms with E-state index in [9.17, 15) is 9.90 Å². The molecule has 0 saturated carbocycles. The summed E-state index contributed by atoms with van der Waals surface area (Å²) in [7, 11) is 0. The van der Waals surface area contributed by atoms with E-state index in [0.717, 1.165) is 88.0 Å². The molecule has 9 heteroatoms. The van der Waals surface area contributed by atoms with Crippen molar-refractivity contribution in [1.82, 2.24) is 9.88 Å². The van der Waals surface area contributed by atoms with Gasteiger partial charge >= 0.3 is 5.97 Å². The van der Waals surface area contributed by atoms with E-state index in [2.05, 4.69) is 27.8 Å². The lowest BCUT2D eigenvalue weighted by atomic mass is 10.0. The molecule has 2 aliphatic rings. The van der Waals surface area contributed by atoms with E-state index >= 15 is 0 Å². The number of hydrogen-bond donors (Lipinski definition) is 2. The maximum absolute atomic E-state index is 11.8. The van der Waals surface area contributed by atoms with E-state index in [1.54, 1.807) is 12.1 Å². The third-order valence-corrected chi connectivity index (χ3v) is 6.12. The third-order valence-electron chi connectivity index (χ3n) is 6.12. The summed E-state index contributed by atoms with van der Waals surface area (Å²) in [6.45, 7) is 8.38. The fourth-order valence-corrected chi connectivity index (χ4v) is 4.39. The highest BCUT2D eigenvalue weighted by atomic mass is 16.5. The SMILES string of the molecule is CCN(c1cc(C(=O)O)cc(-c2ccc(CN3CCOCC3)nc2)c1)C1CCOCC1.O=CO. The molecule has 0 radical (unpaired) electrons. The molecule has 2 aromatic rings. The van der Waals surface area contributed by atoms with Gasteiger partial charge in [-0.1, -0.05) is 6.07 Å². The molecule has 3 heterocycles. The molecule has 34 heavy (non-hydrogen) atoms. The first-order chi connectivity index (χ1) is 16.5. The third kappa shape index (κ3) is 6.99. The second kappa shape index (κ2) is 13.0. The second-order valence-corrected chi connectivity index (χ2v) is 8.24. The summed E-state index contributed by atoms with van der Waals surface area (Å²) in [6.07, 6.45) is 3.77. The molecular weight excluding hydrogens is 438 g/mol. The van der Waals surface area contributed by atoms with E-state index in [4.69, 9.17) is 19.4 Å². The van der Waals surface area contributed by atoms with Crippen LogP contribution in [0.2, 0.25) is 0 Å². The van der Waals surface area contributed by atoms with Crippen LogP contribution >= 0.6 is 0 Å². The highest BCUT2D eigenvalue weighted by molar-refractivity contribution is 5.91. The normalized spacial score (nSPS) is 16.9. The molecule has 2 aliphatic heterocycles. The summed E-state index contributed by atoms with van der Waals surface area (Å²) in [6, 6.07) is 10.0. The van der Waals surface area contributed by atoms with Crippen LogP contribution in [0.1, 0.15) is 35.8 Å². The highest BCUT2D eigenvalue weighted by Gasteiger charge is 2.22. The van der Waals surface area contributed by atoms with Crippen molar-refractivity contribution in [3.63, 3.8) is 0 Å². The first kappa shape index (κ1) is 25.6. The number of pyridine rings is 1. The predicted molar refractivity (Wildman–Crippen MR) is 128 cm³/mol. The van der Waals surface area contributed by atoms with Gasteiger partial charge in [-0.25, -0.2) is 4.79 Å². The second-order valence-electron chi connectivity index (χ2n) is 8.24. The Morgan fingerprint density at radius 3 is 2.38 bits per heavy atom. The lowest BCUT2D eigenvalue weighted by Gasteiger charge is -2.35. The summed E-state index contributed by atoms with van der Waals surface area (Å²) in [4.78, 5) is 29.5. The van der Waals surface area contributed by atoms with Gasteiger partial charge in [-0.2, -0.15) is 0 Å². The molecule has 0 amide bonds. The number of morpholine rings is 1. The first-order valence-corrected chi connectivity index (χ1v) is 11.6. The topological polar surface area (TPSA) is 112 Å². The van der Waals surface area contributed by atoms with Gasteiger partial charge in [0, 0.05) is 62.9 Å². The van der Waals surface area contributed by atoms with Crippen LogP contribution in [0.15, 0.2) is 36.5 Å². The smallest absolute Gasteiger partial charge is 0.335 e. The molecule has 0 atom stereocenters. The Labute approximate surface area is 199 Å². The van der Waals surface area contributed by atoms with E-state index in [0.29, 0.717) is 11.6 Å². The maximum atomic E-state index is 11.8. The Hall–Kier alpha value is -3.01. The number of anilines is 1. The van der Waals surface area contributed by atoms with Gasteiger partial charge in [-0.15, -0.1) is 0 Å². The first-order valence-electron chi connectivity index (χ1n) is 11.6. The van der Waals surface area contributed by atoms with Crippen LogP contribution in [0.5, 0.6) is 0 Å². The van der Waals surface area contributed by atoms with Gasteiger partial charge in [0.15, 0.2) is 0 Å². The number of ether oxygens (including phenoxy) is 2. The number of aromatic carboxylic acids is 1. The van der Waals surface area contributed by atoms with Crippen LogP contribution in [0, 0.1) is 0 Å². The van der Waals surface area contributed by atoms with Gasteiger partial charge in [-0.05, 0) is 49.6 Å². The summed E-state index contributed by atoms with van der Waals surface area (Å²) in [5, 5.41) is 16.6. The Morgan fingerprint density at radius 1 is 1.12 bits per heavy atom. The Balaban J connectivity index is 0.00000103. The molecule has 0 spiro atoms. The lowest BCUT2D eigenvalue weighted by Crippen LogP contribution is -2.39. The van der Waals surface area contributed by atoms with Crippen LogP contribution in [0.3, 0.4) is 0 Å². The molecule has 184 valence electrons. The zero-order valence-electron chi connectivity index (χ0n) is 19.6. The van der Waals surface area contributed by atoms with Crippen LogP contribution in [-0.4, -0.2) is 84.6 Å². The van der Waals surface area contributed by atoms with Crippen molar-refractivity contribution in [2.75, 3.05) is 51.0 Å². The van der Waals surface area contributed by atoms with Crippen molar-refractivity contribution in [3.05, 3.63) is 47.8 Å². The van der Waals surface area contributed by atoms with Crippen molar-refractivity contribution in [2.45, 2.75) is 32.4 Å². The van der Waals surface area contributed by atoms with E-state index in [1.165, 1.54) is 0 Å². The van der Waals surface area contributed by atoms with Gasteiger partial charge < -0.3 is 24.6 Å². The van der Waals surface area contributed by atoms with Crippen LogP contribution in [0.4, 0.5) is 5.69 Å². The summed E-state index contributed by atoms with van der Waals surface area (Å²) >= 11 is 0. The number of carboxylic acids is 1. The van der Waals surface area contributed by atoms with E-state index < -0.39 is 5.97 Å². The Kier molecular flexibility index (Phi) is 9.81. The van der Waals surface area contributed by atoms with Gasteiger partial charge in [0.1, 0.15) is 0 Å². The van der Waals surface area contributed by atoms with Crippen LogP contribution in [-0.2, 0) is 20.8 Å². The molecule has 1 aromatic carbocycles. The number of carbonyl (C=O) groups is 2. The Morgan fingerprint density at radius 2 is 1.79 bits per heavy atom. The number of hydrogen-bond acceptors (Lipinski definition) is 7. The minimum atomic E-state index is -0.914. The van der Waals surface area contributed by atoms with Gasteiger partial charge in [-0.3, -0.25) is 14.7 Å². The number of carboxylic acid groups (broad SMARTS) is 2. The average molecular weight is 472 g/mol. The molecule has 1 aromatic heterocycles. The van der Waals surface area contributed by atoms with E-state index in [1.807, 2.05) is 18.3 Å². The summed E-state index contributed by atoms with van der Waals surface area (Å²) in [5.74, 6) is -0.914. The van der Waals surface area contributed by atoms with E-state index in [-0.39, 0.29) is 6.47 Å².